The highest BCUT2D eigenvalue weighted by Gasteiger charge is 2.13. The summed E-state index contributed by atoms with van der Waals surface area (Å²) in [5, 5.41) is 4.66. The van der Waals surface area contributed by atoms with Gasteiger partial charge in [0.1, 0.15) is 11.3 Å². The van der Waals surface area contributed by atoms with Crippen molar-refractivity contribution in [3.63, 3.8) is 0 Å². The monoisotopic (exact) mass is 245 g/mol. The van der Waals surface area contributed by atoms with Gasteiger partial charge in [-0.3, -0.25) is 0 Å². The largest absolute Gasteiger partial charge is 0.459 e. The van der Waals surface area contributed by atoms with Crippen molar-refractivity contribution < 1.29 is 4.42 Å². The molecular weight excluding hydrogens is 222 g/mol. The van der Waals surface area contributed by atoms with Crippen LogP contribution in [0.2, 0.25) is 0 Å². The van der Waals surface area contributed by atoms with Crippen molar-refractivity contribution in [3.8, 4) is 0 Å². The Kier molecular flexibility index (Phi) is 4.07. The number of hydrogen-bond donors (Lipinski definition) is 1. The molecule has 1 aromatic carbocycles. The van der Waals surface area contributed by atoms with Gasteiger partial charge in [-0.15, -0.1) is 0 Å². The maximum absolute atomic E-state index is 6.03. The molecule has 0 aliphatic rings. The minimum atomic E-state index is 0.832. The van der Waals surface area contributed by atoms with E-state index in [1.807, 2.05) is 0 Å². The zero-order valence-corrected chi connectivity index (χ0v) is 11.9. The highest BCUT2D eigenvalue weighted by Crippen LogP contribution is 2.29. The van der Waals surface area contributed by atoms with Gasteiger partial charge in [0.15, 0.2) is 0 Å². The van der Waals surface area contributed by atoms with Gasteiger partial charge in [0.2, 0.25) is 0 Å². The number of benzene rings is 1. The van der Waals surface area contributed by atoms with Crippen molar-refractivity contribution in [2.45, 2.75) is 47.1 Å². The molecule has 0 saturated carbocycles. The van der Waals surface area contributed by atoms with Gasteiger partial charge >= 0.3 is 0 Å². The van der Waals surface area contributed by atoms with Gasteiger partial charge in [0, 0.05) is 10.9 Å². The lowest BCUT2D eigenvalue weighted by Crippen LogP contribution is -2.12. The molecule has 0 atom stereocenters. The summed E-state index contributed by atoms with van der Waals surface area (Å²) >= 11 is 0. The third kappa shape index (κ3) is 2.44. The first-order valence-corrected chi connectivity index (χ1v) is 6.89. The van der Waals surface area contributed by atoms with Crippen LogP contribution in [-0.4, -0.2) is 6.54 Å². The van der Waals surface area contributed by atoms with Crippen LogP contribution in [0, 0.1) is 13.8 Å². The maximum atomic E-state index is 6.03. The second-order valence-corrected chi connectivity index (χ2v) is 4.97. The predicted molar refractivity (Wildman–Crippen MR) is 77.1 cm³/mol. The van der Waals surface area contributed by atoms with Gasteiger partial charge in [-0.05, 0) is 50.1 Å². The molecule has 0 aliphatic heterocycles. The van der Waals surface area contributed by atoms with E-state index in [0.717, 1.165) is 37.3 Å². The molecule has 1 aromatic heterocycles. The van der Waals surface area contributed by atoms with E-state index in [4.69, 9.17) is 4.42 Å². The average molecular weight is 245 g/mol. The van der Waals surface area contributed by atoms with Crippen LogP contribution in [-0.2, 0) is 13.0 Å². The zero-order chi connectivity index (χ0) is 13.1. The smallest absolute Gasteiger partial charge is 0.134 e. The van der Waals surface area contributed by atoms with E-state index >= 15 is 0 Å². The fourth-order valence-electron chi connectivity index (χ4n) is 2.36. The minimum Gasteiger partial charge on any atom is -0.459 e. The second-order valence-electron chi connectivity index (χ2n) is 4.97. The third-order valence-electron chi connectivity index (χ3n) is 3.53. The van der Waals surface area contributed by atoms with Crippen LogP contribution in [0.5, 0.6) is 0 Å². The molecule has 98 valence electrons. The Morgan fingerprint density at radius 1 is 1.11 bits per heavy atom. The Balaban J connectivity index is 2.52. The van der Waals surface area contributed by atoms with Crippen molar-refractivity contribution in [2.75, 3.05) is 6.54 Å². The number of hydrogen-bond acceptors (Lipinski definition) is 2. The van der Waals surface area contributed by atoms with Gasteiger partial charge in [-0.1, -0.05) is 20.3 Å². The summed E-state index contributed by atoms with van der Waals surface area (Å²) < 4.78 is 6.03. The van der Waals surface area contributed by atoms with Gasteiger partial charge in [0.25, 0.3) is 0 Å². The van der Waals surface area contributed by atoms with Crippen LogP contribution in [0.1, 0.15) is 42.7 Å². The molecule has 18 heavy (non-hydrogen) atoms. The van der Waals surface area contributed by atoms with Gasteiger partial charge in [-0.25, -0.2) is 0 Å². The Morgan fingerprint density at radius 3 is 2.50 bits per heavy atom. The molecule has 0 fully saturated rings. The van der Waals surface area contributed by atoms with Crippen molar-refractivity contribution in [1.29, 1.82) is 0 Å². The van der Waals surface area contributed by atoms with Crippen LogP contribution in [0.15, 0.2) is 16.5 Å². The zero-order valence-electron chi connectivity index (χ0n) is 11.9. The molecule has 2 nitrogen and oxygen atoms in total. The molecule has 0 radical (unpaired) electrons. The number of nitrogens with one attached hydrogen (secondary N) is 1. The Morgan fingerprint density at radius 2 is 1.83 bits per heavy atom. The number of aryl methyl sites for hydroxylation is 3. The molecule has 2 aromatic rings. The molecule has 0 bridgehead atoms. The SMILES string of the molecule is CCCc1c(CNCC)oc2cc(C)c(C)cc12. The Hall–Kier alpha value is -1.28. The van der Waals surface area contributed by atoms with E-state index in [0.29, 0.717) is 0 Å². The molecule has 0 unspecified atom stereocenters. The summed E-state index contributed by atoms with van der Waals surface area (Å²) in [7, 11) is 0. The first-order valence-electron chi connectivity index (χ1n) is 6.89. The fraction of sp³-hybridized carbons (Fsp3) is 0.500. The molecule has 0 spiro atoms. The molecule has 0 amide bonds. The summed E-state index contributed by atoms with van der Waals surface area (Å²) in [5.74, 6) is 1.11. The Bertz CT molecular complexity index is 540. The van der Waals surface area contributed by atoms with Gasteiger partial charge < -0.3 is 9.73 Å². The highest BCUT2D eigenvalue weighted by atomic mass is 16.3. The van der Waals surface area contributed by atoms with Crippen molar-refractivity contribution >= 4 is 11.0 Å². The summed E-state index contributed by atoms with van der Waals surface area (Å²) in [6.07, 6.45) is 2.25. The lowest BCUT2D eigenvalue weighted by atomic mass is 10.0. The topological polar surface area (TPSA) is 25.2 Å². The second kappa shape index (κ2) is 5.57. The molecule has 0 aliphatic carbocycles. The first-order chi connectivity index (χ1) is 8.67. The van der Waals surface area contributed by atoms with Crippen LogP contribution >= 0.6 is 0 Å². The molecule has 2 rings (SSSR count). The fourth-order valence-corrected chi connectivity index (χ4v) is 2.36. The Labute approximate surface area is 109 Å². The summed E-state index contributed by atoms with van der Waals surface area (Å²) in [4.78, 5) is 0. The van der Waals surface area contributed by atoms with Gasteiger partial charge in [-0.2, -0.15) is 0 Å². The lowest BCUT2D eigenvalue weighted by molar-refractivity contribution is 0.513. The number of fused-ring (bicyclic) bond motifs is 1. The number of rotatable bonds is 5. The molecule has 0 saturated heterocycles. The van der Waals surface area contributed by atoms with Crippen LogP contribution in [0.25, 0.3) is 11.0 Å². The lowest BCUT2D eigenvalue weighted by Gasteiger charge is -2.02. The standard InChI is InChI=1S/C16H23NO/c1-5-7-13-14-8-11(3)12(4)9-15(14)18-16(13)10-17-6-2/h8-9,17H,5-7,10H2,1-4H3. The summed E-state index contributed by atoms with van der Waals surface area (Å²) in [6, 6.07) is 4.44. The van der Waals surface area contributed by atoms with E-state index in [-0.39, 0.29) is 0 Å². The third-order valence-corrected chi connectivity index (χ3v) is 3.53. The highest BCUT2D eigenvalue weighted by molar-refractivity contribution is 5.84. The van der Waals surface area contributed by atoms with E-state index < -0.39 is 0 Å². The normalized spacial score (nSPS) is 11.3. The van der Waals surface area contributed by atoms with E-state index in [1.54, 1.807) is 0 Å². The maximum Gasteiger partial charge on any atom is 0.134 e. The summed E-state index contributed by atoms with van der Waals surface area (Å²) in [5.41, 5.74) is 5.07. The molecular formula is C16H23NO. The molecule has 2 heteroatoms. The van der Waals surface area contributed by atoms with Crippen LogP contribution < -0.4 is 5.32 Å². The summed E-state index contributed by atoms with van der Waals surface area (Å²) in [6.45, 7) is 10.5. The average Bonchev–Trinajstić information content (AvgIpc) is 2.66. The minimum absolute atomic E-state index is 0.832. The predicted octanol–water partition coefficient (Wildman–Crippen LogP) is 4.11. The van der Waals surface area contributed by atoms with Crippen molar-refractivity contribution in [3.05, 3.63) is 34.6 Å². The van der Waals surface area contributed by atoms with E-state index in [9.17, 15) is 0 Å². The van der Waals surface area contributed by atoms with Crippen molar-refractivity contribution in [1.82, 2.24) is 5.32 Å². The molecule has 1 heterocycles. The van der Waals surface area contributed by atoms with Crippen molar-refractivity contribution in [2.24, 2.45) is 0 Å². The van der Waals surface area contributed by atoms with Crippen LogP contribution in [0.4, 0.5) is 0 Å². The number of furan rings is 1. The molecule has 1 N–H and O–H groups in total. The quantitative estimate of drug-likeness (QED) is 0.857. The van der Waals surface area contributed by atoms with Crippen LogP contribution in [0.3, 0.4) is 0 Å². The van der Waals surface area contributed by atoms with E-state index in [2.05, 4.69) is 45.1 Å². The first kappa shape index (κ1) is 13.2. The van der Waals surface area contributed by atoms with E-state index in [1.165, 1.54) is 22.1 Å². The van der Waals surface area contributed by atoms with Gasteiger partial charge in [0.05, 0.1) is 6.54 Å².